The molecule has 0 aliphatic rings. The van der Waals surface area contributed by atoms with Gasteiger partial charge in [0.25, 0.3) is 10.0 Å². The van der Waals surface area contributed by atoms with Crippen molar-refractivity contribution >= 4 is 49.7 Å². The van der Waals surface area contributed by atoms with Gasteiger partial charge in [-0.15, -0.1) is 10.2 Å². The van der Waals surface area contributed by atoms with E-state index in [2.05, 4.69) is 15.5 Å². The van der Waals surface area contributed by atoms with Crippen LogP contribution in [0.3, 0.4) is 0 Å². The fourth-order valence-electron chi connectivity index (χ4n) is 3.02. The molecular weight excluding hydrogens is 480 g/mol. The van der Waals surface area contributed by atoms with Crippen molar-refractivity contribution in [1.82, 2.24) is 10.2 Å². The first-order chi connectivity index (χ1) is 15.8. The standard InChI is InChI=1S/C23H19ClN4O3S2/c1-16-7-13-19(14-8-16)28(33(30,31)20-5-3-2-4-6-20)15-21(29)25-23-27-26-22(32-23)17-9-11-18(24)12-10-17/h2-14H,15H2,1H3,(H,25,27,29). The van der Waals surface area contributed by atoms with Gasteiger partial charge in [0.2, 0.25) is 11.0 Å². The highest BCUT2D eigenvalue weighted by Crippen LogP contribution is 2.28. The Morgan fingerprint density at radius 3 is 2.30 bits per heavy atom. The van der Waals surface area contributed by atoms with E-state index in [0.717, 1.165) is 15.4 Å². The second-order valence-electron chi connectivity index (χ2n) is 7.13. The van der Waals surface area contributed by atoms with E-state index < -0.39 is 22.5 Å². The number of aromatic nitrogens is 2. The number of aryl methyl sites for hydroxylation is 1. The molecule has 0 aliphatic carbocycles. The number of nitrogens with one attached hydrogen (secondary N) is 1. The minimum atomic E-state index is -3.97. The lowest BCUT2D eigenvalue weighted by atomic mass is 10.2. The Labute approximate surface area is 200 Å². The summed E-state index contributed by atoms with van der Waals surface area (Å²) in [7, 11) is -3.97. The van der Waals surface area contributed by atoms with Gasteiger partial charge in [-0.25, -0.2) is 8.42 Å². The van der Waals surface area contributed by atoms with Gasteiger partial charge in [-0.3, -0.25) is 14.4 Å². The number of anilines is 2. The van der Waals surface area contributed by atoms with Crippen LogP contribution in [0.15, 0.2) is 83.8 Å². The minimum Gasteiger partial charge on any atom is -0.299 e. The van der Waals surface area contributed by atoms with Crippen molar-refractivity contribution < 1.29 is 13.2 Å². The van der Waals surface area contributed by atoms with Crippen LogP contribution in [0, 0.1) is 6.92 Å². The van der Waals surface area contributed by atoms with Crippen molar-refractivity contribution in [3.8, 4) is 10.6 Å². The van der Waals surface area contributed by atoms with Gasteiger partial charge in [0.1, 0.15) is 11.6 Å². The highest BCUT2D eigenvalue weighted by atomic mass is 35.5. The van der Waals surface area contributed by atoms with Crippen LogP contribution in [0.1, 0.15) is 5.56 Å². The largest absolute Gasteiger partial charge is 0.299 e. The summed E-state index contributed by atoms with van der Waals surface area (Å²) in [6.45, 7) is 1.48. The fraction of sp³-hybridized carbons (Fsp3) is 0.0870. The molecule has 4 aromatic rings. The first kappa shape index (κ1) is 22.9. The molecule has 1 aromatic heterocycles. The zero-order valence-corrected chi connectivity index (χ0v) is 19.9. The fourth-order valence-corrected chi connectivity index (χ4v) is 5.35. The average molecular weight is 499 g/mol. The Hall–Kier alpha value is -3.27. The molecule has 0 saturated carbocycles. The van der Waals surface area contributed by atoms with E-state index in [-0.39, 0.29) is 10.0 Å². The van der Waals surface area contributed by atoms with E-state index >= 15 is 0 Å². The van der Waals surface area contributed by atoms with Crippen molar-refractivity contribution in [2.24, 2.45) is 0 Å². The highest BCUT2D eigenvalue weighted by Gasteiger charge is 2.27. The Bertz CT molecular complexity index is 1360. The van der Waals surface area contributed by atoms with E-state index in [9.17, 15) is 13.2 Å². The molecule has 0 aliphatic heterocycles. The van der Waals surface area contributed by atoms with E-state index in [0.29, 0.717) is 15.7 Å². The first-order valence-corrected chi connectivity index (χ1v) is 12.5. The summed E-state index contributed by atoms with van der Waals surface area (Å²) in [5.74, 6) is -0.533. The molecule has 0 atom stereocenters. The maximum Gasteiger partial charge on any atom is 0.264 e. The Kier molecular flexibility index (Phi) is 6.73. The van der Waals surface area contributed by atoms with E-state index in [1.54, 1.807) is 66.7 Å². The lowest BCUT2D eigenvalue weighted by molar-refractivity contribution is -0.114. The SMILES string of the molecule is Cc1ccc(N(CC(=O)Nc2nnc(-c3ccc(Cl)cc3)s2)S(=O)(=O)c2ccccc2)cc1. The van der Waals surface area contributed by atoms with Gasteiger partial charge in [-0.2, -0.15) is 0 Å². The molecule has 0 fully saturated rings. The first-order valence-electron chi connectivity index (χ1n) is 9.87. The summed E-state index contributed by atoms with van der Waals surface area (Å²) in [4.78, 5) is 12.9. The van der Waals surface area contributed by atoms with Crippen LogP contribution < -0.4 is 9.62 Å². The third kappa shape index (κ3) is 5.39. The van der Waals surface area contributed by atoms with Crippen LogP contribution in [-0.4, -0.2) is 31.1 Å². The van der Waals surface area contributed by atoms with Crippen molar-refractivity contribution in [3.05, 3.63) is 89.4 Å². The number of hydrogen-bond acceptors (Lipinski definition) is 6. The number of carbonyl (C=O) groups excluding carboxylic acids is 1. The molecule has 1 amide bonds. The monoisotopic (exact) mass is 498 g/mol. The van der Waals surface area contributed by atoms with Gasteiger partial charge in [-0.1, -0.05) is 71.0 Å². The summed E-state index contributed by atoms with van der Waals surface area (Å²) in [6, 6.07) is 22.0. The van der Waals surface area contributed by atoms with E-state index in [1.165, 1.54) is 23.5 Å². The molecule has 4 rings (SSSR count). The number of halogens is 1. The molecule has 1 heterocycles. The van der Waals surface area contributed by atoms with E-state index in [4.69, 9.17) is 11.6 Å². The summed E-state index contributed by atoms with van der Waals surface area (Å²) in [6.07, 6.45) is 0. The molecule has 0 radical (unpaired) electrons. The van der Waals surface area contributed by atoms with Crippen LogP contribution in [0.5, 0.6) is 0 Å². The van der Waals surface area contributed by atoms with Crippen molar-refractivity contribution in [2.75, 3.05) is 16.2 Å². The number of carbonyl (C=O) groups is 1. The molecule has 33 heavy (non-hydrogen) atoms. The van der Waals surface area contributed by atoms with Gasteiger partial charge in [-0.05, 0) is 43.3 Å². The number of sulfonamides is 1. The Morgan fingerprint density at radius 2 is 1.64 bits per heavy atom. The topological polar surface area (TPSA) is 92.3 Å². The highest BCUT2D eigenvalue weighted by molar-refractivity contribution is 7.92. The zero-order valence-electron chi connectivity index (χ0n) is 17.5. The number of hydrogen-bond donors (Lipinski definition) is 1. The lowest BCUT2D eigenvalue weighted by Crippen LogP contribution is -2.38. The van der Waals surface area contributed by atoms with Gasteiger partial charge in [0, 0.05) is 10.6 Å². The second-order valence-corrected chi connectivity index (χ2v) is 10.4. The summed E-state index contributed by atoms with van der Waals surface area (Å²) in [5, 5.41) is 12.2. The van der Waals surface area contributed by atoms with Crippen LogP contribution in [-0.2, 0) is 14.8 Å². The quantitative estimate of drug-likeness (QED) is 0.387. The maximum atomic E-state index is 13.3. The van der Waals surface area contributed by atoms with Crippen molar-refractivity contribution in [3.63, 3.8) is 0 Å². The smallest absolute Gasteiger partial charge is 0.264 e. The molecule has 7 nitrogen and oxygen atoms in total. The lowest BCUT2D eigenvalue weighted by Gasteiger charge is -2.24. The predicted molar refractivity (Wildman–Crippen MR) is 131 cm³/mol. The summed E-state index contributed by atoms with van der Waals surface area (Å²) in [5.41, 5.74) is 2.17. The van der Waals surface area contributed by atoms with Crippen molar-refractivity contribution in [2.45, 2.75) is 11.8 Å². The minimum absolute atomic E-state index is 0.0966. The van der Waals surface area contributed by atoms with Crippen LogP contribution in [0.2, 0.25) is 5.02 Å². The van der Waals surface area contributed by atoms with E-state index in [1.807, 2.05) is 6.92 Å². The molecule has 10 heteroatoms. The molecule has 0 unspecified atom stereocenters. The molecule has 168 valence electrons. The second kappa shape index (κ2) is 9.70. The predicted octanol–water partition coefficient (Wildman–Crippen LogP) is 5.00. The maximum absolute atomic E-state index is 13.3. The molecule has 1 N–H and O–H groups in total. The molecular formula is C23H19ClN4O3S2. The van der Waals surface area contributed by atoms with Crippen LogP contribution in [0.25, 0.3) is 10.6 Å². The van der Waals surface area contributed by atoms with Crippen LogP contribution in [0.4, 0.5) is 10.8 Å². The summed E-state index contributed by atoms with van der Waals surface area (Å²) >= 11 is 7.10. The molecule has 0 bridgehead atoms. The number of amides is 1. The molecule has 0 spiro atoms. The van der Waals surface area contributed by atoms with Gasteiger partial charge in [0.05, 0.1) is 10.6 Å². The van der Waals surface area contributed by atoms with Gasteiger partial charge in [0.15, 0.2) is 0 Å². The average Bonchev–Trinajstić information content (AvgIpc) is 3.27. The summed E-state index contributed by atoms with van der Waals surface area (Å²) < 4.78 is 27.7. The molecule has 0 saturated heterocycles. The van der Waals surface area contributed by atoms with Crippen LogP contribution >= 0.6 is 22.9 Å². The van der Waals surface area contributed by atoms with Gasteiger partial charge < -0.3 is 0 Å². The molecule has 3 aromatic carbocycles. The number of benzene rings is 3. The number of nitrogens with zero attached hydrogens (tertiary/aromatic N) is 3. The normalized spacial score (nSPS) is 11.2. The Morgan fingerprint density at radius 1 is 0.970 bits per heavy atom. The zero-order chi connectivity index (χ0) is 23.4. The third-order valence-electron chi connectivity index (χ3n) is 4.70. The Balaban J connectivity index is 1.57. The third-order valence-corrected chi connectivity index (χ3v) is 7.63. The van der Waals surface area contributed by atoms with Crippen molar-refractivity contribution in [1.29, 1.82) is 0 Å². The van der Waals surface area contributed by atoms with Gasteiger partial charge >= 0.3 is 0 Å². The number of rotatable bonds is 7.